The van der Waals surface area contributed by atoms with Crippen molar-refractivity contribution in [3.8, 4) is 11.4 Å². The van der Waals surface area contributed by atoms with E-state index in [2.05, 4.69) is 99.1 Å². The molecule has 5 heterocycles. The van der Waals surface area contributed by atoms with Crippen LogP contribution in [0.2, 0.25) is 0 Å². The van der Waals surface area contributed by atoms with E-state index in [0.29, 0.717) is 18.0 Å². The SMILES string of the molecule is COC1CCN(Cc2cccc(-n3nc(C(C)(C)C)cc3NC(=O)N[C@H]3CC[C@@H](Oc4ccc5nnc(N6CCCCC6C)n5c4)c4ccccc43)c2)CC1. The zero-order valence-corrected chi connectivity index (χ0v) is 32.9. The number of urea groups is 1. The average molecular weight is 746 g/mol. The number of carbonyl (C=O) groups is 1. The largest absolute Gasteiger partial charge is 0.484 e. The predicted octanol–water partition coefficient (Wildman–Crippen LogP) is 7.98. The van der Waals surface area contributed by atoms with Gasteiger partial charge in [-0.2, -0.15) is 5.10 Å². The van der Waals surface area contributed by atoms with Crippen LogP contribution in [0.3, 0.4) is 0 Å². The first-order valence-electron chi connectivity index (χ1n) is 20.0. The third-order valence-corrected chi connectivity index (χ3v) is 11.6. The molecule has 12 heteroatoms. The molecule has 0 radical (unpaired) electrons. The number of hydrogen-bond donors (Lipinski definition) is 2. The molecule has 1 unspecified atom stereocenters. The maximum Gasteiger partial charge on any atom is 0.320 e. The highest BCUT2D eigenvalue weighted by Gasteiger charge is 2.31. The number of anilines is 2. The van der Waals surface area contributed by atoms with Crippen molar-refractivity contribution < 1.29 is 14.3 Å². The summed E-state index contributed by atoms with van der Waals surface area (Å²) < 4.78 is 16.2. The summed E-state index contributed by atoms with van der Waals surface area (Å²) in [5.74, 6) is 2.27. The summed E-state index contributed by atoms with van der Waals surface area (Å²) in [7, 11) is 1.80. The van der Waals surface area contributed by atoms with E-state index in [0.717, 1.165) is 105 Å². The maximum atomic E-state index is 13.8. The number of pyridine rings is 1. The Labute approximate surface area is 324 Å². The number of nitrogens with one attached hydrogen (secondary N) is 2. The number of carbonyl (C=O) groups excluding carboxylic acids is 1. The maximum absolute atomic E-state index is 13.8. The van der Waals surface area contributed by atoms with E-state index in [1.807, 2.05) is 41.2 Å². The molecule has 290 valence electrons. The predicted molar refractivity (Wildman–Crippen MR) is 215 cm³/mol. The summed E-state index contributed by atoms with van der Waals surface area (Å²) >= 11 is 0. The number of methoxy groups -OCH3 is 1. The van der Waals surface area contributed by atoms with Crippen molar-refractivity contribution in [2.45, 2.75) is 109 Å². The number of hydrogen-bond acceptors (Lipinski definition) is 8. The van der Waals surface area contributed by atoms with Crippen LogP contribution in [0.5, 0.6) is 5.75 Å². The molecule has 2 aromatic carbocycles. The van der Waals surface area contributed by atoms with Crippen LogP contribution in [-0.4, -0.2) is 74.2 Å². The molecule has 1 aliphatic carbocycles. The Bertz CT molecular complexity index is 2110. The molecule has 8 rings (SSSR count). The van der Waals surface area contributed by atoms with Crippen LogP contribution in [0.4, 0.5) is 16.6 Å². The lowest BCUT2D eigenvalue weighted by Gasteiger charge is -2.33. The van der Waals surface area contributed by atoms with Gasteiger partial charge in [-0.05, 0) is 92.8 Å². The summed E-state index contributed by atoms with van der Waals surface area (Å²) in [5.41, 5.74) is 5.78. The number of amides is 2. The van der Waals surface area contributed by atoms with Gasteiger partial charge in [0.1, 0.15) is 17.7 Å². The lowest BCUT2D eigenvalue weighted by molar-refractivity contribution is 0.0388. The van der Waals surface area contributed by atoms with Gasteiger partial charge in [-0.15, -0.1) is 10.2 Å². The third-order valence-electron chi connectivity index (χ3n) is 11.6. The van der Waals surface area contributed by atoms with E-state index in [-0.39, 0.29) is 23.6 Å². The Morgan fingerprint density at radius 2 is 1.71 bits per heavy atom. The second-order valence-corrected chi connectivity index (χ2v) is 16.6. The van der Waals surface area contributed by atoms with Gasteiger partial charge in [-0.1, -0.05) is 57.2 Å². The minimum Gasteiger partial charge on any atom is -0.484 e. The van der Waals surface area contributed by atoms with Crippen LogP contribution < -0.4 is 20.3 Å². The van der Waals surface area contributed by atoms with Gasteiger partial charge in [0, 0.05) is 50.8 Å². The number of nitrogens with zero attached hydrogens (tertiary/aromatic N) is 7. The Morgan fingerprint density at radius 3 is 2.49 bits per heavy atom. The molecule has 3 aliphatic rings. The Kier molecular flexibility index (Phi) is 10.5. The summed E-state index contributed by atoms with van der Waals surface area (Å²) in [6.07, 6.45) is 9.35. The zero-order valence-electron chi connectivity index (χ0n) is 32.9. The molecule has 2 amide bonds. The fourth-order valence-electron chi connectivity index (χ4n) is 8.40. The first-order chi connectivity index (χ1) is 26.6. The molecule has 55 heavy (non-hydrogen) atoms. The third kappa shape index (κ3) is 8.07. The van der Waals surface area contributed by atoms with E-state index in [1.54, 1.807) is 7.11 Å². The van der Waals surface area contributed by atoms with Crippen molar-refractivity contribution in [1.82, 2.24) is 34.6 Å². The van der Waals surface area contributed by atoms with Crippen LogP contribution in [0.15, 0.2) is 72.9 Å². The molecule has 2 aliphatic heterocycles. The van der Waals surface area contributed by atoms with E-state index < -0.39 is 0 Å². The summed E-state index contributed by atoms with van der Waals surface area (Å²) in [4.78, 5) is 18.7. The number of piperidine rings is 2. The first kappa shape index (κ1) is 37.0. The quantitative estimate of drug-likeness (QED) is 0.156. The minimum atomic E-state index is -0.268. The van der Waals surface area contributed by atoms with Gasteiger partial charge in [0.2, 0.25) is 5.95 Å². The lowest BCUT2D eigenvalue weighted by atomic mass is 9.85. The first-order valence-corrected chi connectivity index (χ1v) is 20.0. The second kappa shape index (κ2) is 15.7. The summed E-state index contributed by atoms with van der Waals surface area (Å²) in [6.45, 7) is 12.5. The molecule has 5 aromatic rings. The Morgan fingerprint density at radius 1 is 0.891 bits per heavy atom. The highest BCUT2D eigenvalue weighted by Crippen LogP contribution is 2.39. The van der Waals surface area contributed by atoms with Crippen LogP contribution in [-0.2, 0) is 16.7 Å². The molecule has 2 saturated heterocycles. The molecule has 0 spiro atoms. The Balaban J connectivity index is 0.974. The molecular weight excluding hydrogens is 691 g/mol. The highest BCUT2D eigenvalue weighted by molar-refractivity contribution is 5.89. The van der Waals surface area contributed by atoms with Gasteiger partial charge in [0.05, 0.1) is 29.7 Å². The van der Waals surface area contributed by atoms with Gasteiger partial charge >= 0.3 is 6.03 Å². The number of fused-ring (bicyclic) bond motifs is 2. The van der Waals surface area contributed by atoms with Crippen molar-refractivity contribution in [2.24, 2.45) is 0 Å². The smallest absolute Gasteiger partial charge is 0.320 e. The monoisotopic (exact) mass is 745 g/mol. The molecule has 12 nitrogen and oxygen atoms in total. The number of aromatic nitrogens is 5. The van der Waals surface area contributed by atoms with Crippen molar-refractivity contribution >= 4 is 23.4 Å². The van der Waals surface area contributed by atoms with Gasteiger partial charge < -0.3 is 19.7 Å². The number of likely N-dealkylation sites (tertiary alicyclic amines) is 1. The molecule has 3 aromatic heterocycles. The van der Waals surface area contributed by atoms with Crippen LogP contribution in [0.1, 0.15) is 107 Å². The van der Waals surface area contributed by atoms with Gasteiger partial charge in [-0.3, -0.25) is 14.6 Å². The van der Waals surface area contributed by atoms with Crippen molar-refractivity contribution in [3.63, 3.8) is 0 Å². The van der Waals surface area contributed by atoms with Gasteiger partial charge in [0.15, 0.2) is 5.65 Å². The van der Waals surface area contributed by atoms with Gasteiger partial charge in [-0.25, -0.2) is 9.48 Å². The number of ether oxygens (including phenoxy) is 2. The molecular formula is C43H55N9O3. The minimum absolute atomic E-state index is 0.155. The number of rotatable bonds is 9. The standard InChI is InChI=1S/C43H55N9O3/c1-29-11-8-9-22-50(29)42-47-46-39-19-16-33(28-51(39)42)55-37-18-17-36(34-14-6-7-15-35(34)37)44-41(53)45-40-26-38(43(2,3)4)48-52(40)31-13-10-12-30(25-31)27-49-23-20-32(54-5)21-24-49/h6-7,10,12-16,19,25-26,28-29,32,36-37H,8-9,11,17-18,20-24,27H2,1-5H3,(H2,44,45,53)/t29?,36-,37+/m0/s1. The van der Waals surface area contributed by atoms with Crippen molar-refractivity contribution in [1.29, 1.82) is 0 Å². The average Bonchev–Trinajstić information content (AvgIpc) is 3.81. The fourth-order valence-corrected chi connectivity index (χ4v) is 8.40. The van der Waals surface area contributed by atoms with Gasteiger partial charge in [0.25, 0.3) is 0 Å². The van der Waals surface area contributed by atoms with E-state index >= 15 is 0 Å². The Hall–Kier alpha value is -4.94. The topological polar surface area (TPSA) is 114 Å². The fraction of sp³-hybridized carbons (Fsp3) is 0.488. The van der Waals surface area contributed by atoms with Crippen LogP contribution in [0, 0.1) is 0 Å². The molecule has 0 saturated carbocycles. The van der Waals surface area contributed by atoms with Crippen LogP contribution >= 0.6 is 0 Å². The van der Waals surface area contributed by atoms with E-state index in [9.17, 15) is 4.79 Å². The summed E-state index contributed by atoms with van der Waals surface area (Å²) in [6, 6.07) is 22.7. The highest BCUT2D eigenvalue weighted by atomic mass is 16.5. The second-order valence-electron chi connectivity index (χ2n) is 16.6. The van der Waals surface area contributed by atoms with E-state index in [1.165, 1.54) is 12.0 Å². The van der Waals surface area contributed by atoms with Crippen LogP contribution in [0.25, 0.3) is 11.3 Å². The molecule has 3 atom stereocenters. The molecule has 2 N–H and O–H groups in total. The molecule has 0 bridgehead atoms. The lowest BCUT2D eigenvalue weighted by Crippen LogP contribution is -2.38. The zero-order chi connectivity index (χ0) is 38.1. The van der Waals surface area contributed by atoms with E-state index in [4.69, 9.17) is 14.6 Å². The summed E-state index contributed by atoms with van der Waals surface area (Å²) in [5, 5.41) is 20.5. The molecule has 2 fully saturated rings. The van der Waals surface area contributed by atoms with Crippen molar-refractivity contribution in [2.75, 3.05) is 37.0 Å². The van der Waals surface area contributed by atoms with Crippen molar-refractivity contribution in [3.05, 3.63) is 95.3 Å². The normalized spacial score (nSPS) is 21.0. The number of benzene rings is 2.